The van der Waals surface area contributed by atoms with Crippen LogP contribution in [0.1, 0.15) is 33.1 Å². The van der Waals surface area contributed by atoms with Gasteiger partial charge >= 0.3 is 5.97 Å². The third-order valence-corrected chi connectivity index (χ3v) is 2.84. The minimum absolute atomic E-state index is 0.343. The molecule has 1 rings (SSSR count). The molecule has 1 aliphatic rings. The van der Waals surface area contributed by atoms with Crippen LogP contribution in [0.3, 0.4) is 0 Å². The van der Waals surface area contributed by atoms with Crippen molar-refractivity contribution in [2.75, 3.05) is 6.61 Å². The lowest BCUT2D eigenvalue weighted by Crippen LogP contribution is -2.24. The summed E-state index contributed by atoms with van der Waals surface area (Å²) in [6, 6.07) is 0. The third-order valence-electron chi connectivity index (χ3n) is 2.84. The molecular formula is C10H17NO3. The molecule has 0 spiro atoms. The second-order valence-electron chi connectivity index (χ2n) is 3.91. The lowest BCUT2D eigenvalue weighted by atomic mass is 9.80. The van der Waals surface area contributed by atoms with Crippen molar-refractivity contribution in [2.24, 2.45) is 17.0 Å². The van der Waals surface area contributed by atoms with E-state index in [9.17, 15) is 4.79 Å². The number of oxime groups is 1. The highest BCUT2D eigenvalue weighted by Gasteiger charge is 2.23. The Morgan fingerprint density at radius 1 is 1.64 bits per heavy atom. The molecule has 14 heavy (non-hydrogen) atoms. The molecule has 0 bridgehead atoms. The number of hydrogen-bond acceptors (Lipinski definition) is 3. The van der Waals surface area contributed by atoms with Gasteiger partial charge in [0.25, 0.3) is 0 Å². The van der Waals surface area contributed by atoms with E-state index in [1.165, 1.54) is 6.42 Å². The van der Waals surface area contributed by atoms with E-state index in [-0.39, 0.29) is 6.61 Å². The maximum Gasteiger partial charge on any atom is 0.344 e. The summed E-state index contributed by atoms with van der Waals surface area (Å²) in [6.45, 7) is 3.97. The fraction of sp³-hybridized carbons (Fsp3) is 0.800. The van der Waals surface area contributed by atoms with Crippen molar-refractivity contribution in [3.8, 4) is 0 Å². The van der Waals surface area contributed by atoms with E-state index in [0.717, 1.165) is 18.6 Å². The van der Waals surface area contributed by atoms with Gasteiger partial charge in [-0.1, -0.05) is 19.0 Å². The first kappa shape index (κ1) is 11.0. The van der Waals surface area contributed by atoms with Gasteiger partial charge in [-0.2, -0.15) is 0 Å². The summed E-state index contributed by atoms with van der Waals surface area (Å²) in [5.41, 5.74) is 1.00. The molecule has 0 aromatic heterocycles. The number of hydrogen-bond donors (Lipinski definition) is 1. The van der Waals surface area contributed by atoms with Crippen molar-refractivity contribution in [2.45, 2.75) is 33.1 Å². The predicted octanol–water partition coefficient (Wildman–Crippen LogP) is 1.90. The van der Waals surface area contributed by atoms with Crippen LogP contribution in [0.5, 0.6) is 0 Å². The molecule has 4 nitrogen and oxygen atoms in total. The topological polar surface area (TPSA) is 58.9 Å². The monoisotopic (exact) mass is 199 g/mol. The van der Waals surface area contributed by atoms with Gasteiger partial charge in [0.05, 0.1) is 5.71 Å². The molecule has 0 aromatic carbocycles. The summed E-state index contributed by atoms with van der Waals surface area (Å²) >= 11 is 0. The van der Waals surface area contributed by atoms with Crippen LogP contribution < -0.4 is 0 Å². The van der Waals surface area contributed by atoms with Crippen molar-refractivity contribution in [1.29, 1.82) is 0 Å². The zero-order chi connectivity index (χ0) is 10.6. The Bertz CT molecular complexity index is 238. The van der Waals surface area contributed by atoms with Gasteiger partial charge in [-0.25, -0.2) is 4.79 Å². The molecule has 1 fully saturated rings. The number of rotatable bonds is 3. The Balaban J connectivity index is 2.44. The molecule has 0 aliphatic heterocycles. The van der Waals surface area contributed by atoms with Crippen LogP contribution in [-0.2, 0) is 9.63 Å². The lowest BCUT2D eigenvalue weighted by Gasteiger charge is -2.26. The highest BCUT2D eigenvalue weighted by Crippen LogP contribution is 2.27. The number of carboxylic acids is 1. The SMILES string of the molecule is CC1CCC/C(=N\OCC(=O)O)C1C. The minimum atomic E-state index is -0.981. The molecular weight excluding hydrogens is 182 g/mol. The lowest BCUT2D eigenvalue weighted by molar-refractivity contribution is -0.142. The van der Waals surface area contributed by atoms with Crippen molar-refractivity contribution < 1.29 is 14.7 Å². The van der Waals surface area contributed by atoms with Crippen LogP contribution >= 0.6 is 0 Å². The van der Waals surface area contributed by atoms with Gasteiger partial charge in [0.1, 0.15) is 0 Å². The fourth-order valence-corrected chi connectivity index (χ4v) is 1.71. The highest BCUT2D eigenvalue weighted by molar-refractivity contribution is 5.87. The third kappa shape index (κ3) is 3.01. The van der Waals surface area contributed by atoms with Gasteiger partial charge in [-0.15, -0.1) is 0 Å². The molecule has 0 saturated heterocycles. The normalized spacial score (nSPS) is 30.3. The summed E-state index contributed by atoms with van der Waals surface area (Å²) in [4.78, 5) is 14.9. The van der Waals surface area contributed by atoms with Crippen molar-refractivity contribution in [1.82, 2.24) is 0 Å². The van der Waals surface area contributed by atoms with E-state index in [1.807, 2.05) is 0 Å². The quantitative estimate of drug-likeness (QED) is 0.706. The van der Waals surface area contributed by atoms with Gasteiger partial charge in [-0.05, 0) is 25.2 Å². The van der Waals surface area contributed by atoms with E-state index in [0.29, 0.717) is 11.8 Å². The van der Waals surface area contributed by atoms with Crippen LogP contribution in [0.2, 0.25) is 0 Å². The zero-order valence-electron chi connectivity index (χ0n) is 8.69. The maximum absolute atomic E-state index is 10.2. The summed E-state index contributed by atoms with van der Waals surface area (Å²) in [5.74, 6) is 0.0549. The molecule has 0 aromatic rings. The molecule has 4 heteroatoms. The molecule has 0 radical (unpaired) electrons. The number of carbonyl (C=O) groups is 1. The Morgan fingerprint density at radius 3 is 3.00 bits per heavy atom. The average molecular weight is 199 g/mol. The predicted molar refractivity (Wildman–Crippen MR) is 53.2 cm³/mol. The zero-order valence-corrected chi connectivity index (χ0v) is 8.69. The summed E-state index contributed by atoms with van der Waals surface area (Å²) in [5, 5.41) is 12.3. The second-order valence-corrected chi connectivity index (χ2v) is 3.91. The van der Waals surface area contributed by atoms with E-state index < -0.39 is 5.97 Å². The molecule has 1 aliphatic carbocycles. The summed E-state index contributed by atoms with van der Waals surface area (Å²) in [7, 11) is 0. The van der Waals surface area contributed by atoms with Gasteiger partial charge in [0, 0.05) is 5.92 Å². The van der Waals surface area contributed by atoms with E-state index in [1.54, 1.807) is 0 Å². The largest absolute Gasteiger partial charge is 0.479 e. The fourth-order valence-electron chi connectivity index (χ4n) is 1.71. The Morgan fingerprint density at radius 2 is 2.36 bits per heavy atom. The maximum atomic E-state index is 10.2. The minimum Gasteiger partial charge on any atom is -0.479 e. The molecule has 80 valence electrons. The van der Waals surface area contributed by atoms with E-state index in [4.69, 9.17) is 9.94 Å². The van der Waals surface area contributed by atoms with Crippen molar-refractivity contribution in [3.05, 3.63) is 0 Å². The number of carboxylic acid groups (broad SMARTS) is 1. The van der Waals surface area contributed by atoms with Gasteiger partial charge in [0.15, 0.2) is 0 Å². The molecule has 1 N–H and O–H groups in total. The molecule has 0 heterocycles. The summed E-state index contributed by atoms with van der Waals surface area (Å²) < 4.78 is 0. The summed E-state index contributed by atoms with van der Waals surface area (Å²) in [6.07, 6.45) is 3.28. The van der Waals surface area contributed by atoms with Crippen LogP contribution in [0.15, 0.2) is 5.16 Å². The number of aliphatic carboxylic acids is 1. The number of nitrogens with zero attached hydrogens (tertiary/aromatic N) is 1. The highest BCUT2D eigenvalue weighted by atomic mass is 16.6. The van der Waals surface area contributed by atoms with Gasteiger partial charge in [0.2, 0.25) is 6.61 Å². The Hall–Kier alpha value is -1.06. The first-order chi connectivity index (χ1) is 6.61. The molecule has 1 saturated carbocycles. The molecule has 2 atom stereocenters. The average Bonchev–Trinajstić information content (AvgIpc) is 2.12. The van der Waals surface area contributed by atoms with Crippen LogP contribution in [0, 0.1) is 11.8 Å². The van der Waals surface area contributed by atoms with Crippen molar-refractivity contribution in [3.63, 3.8) is 0 Å². The first-order valence-electron chi connectivity index (χ1n) is 5.01. The Labute approximate surface area is 83.9 Å². The second kappa shape index (κ2) is 4.98. The molecule has 0 amide bonds. The van der Waals surface area contributed by atoms with Gasteiger partial charge in [-0.3, -0.25) is 0 Å². The van der Waals surface area contributed by atoms with Crippen LogP contribution in [-0.4, -0.2) is 23.4 Å². The first-order valence-corrected chi connectivity index (χ1v) is 5.01. The van der Waals surface area contributed by atoms with E-state index >= 15 is 0 Å². The van der Waals surface area contributed by atoms with Crippen LogP contribution in [0.4, 0.5) is 0 Å². The standard InChI is InChI=1S/C10H17NO3/c1-7-4-3-5-9(8(7)2)11-14-6-10(12)13/h7-8H,3-6H2,1-2H3,(H,12,13)/b11-9+. The van der Waals surface area contributed by atoms with E-state index in [2.05, 4.69) is 19.0 Å². The smallest absolute Gasteiger partial charge is 0.344 e. The van der Waals surface area contributed by atoms with Crippen LogP contribution in [0.25, 0.3) is 0 Å². The molecule has 2 unspecified atom stereocenters. The van der Waals surface area contributed by atoms with Crippen molar-refractivity contribution >= 4 is 11.7 Å². The Kier molecular flexibility index (Phi) is 3.92. The van der Waals surface area contributed by atoms with Gasteiger partial charge < -0.3 is 9.94 Å².